The van der Waals surface area contributed by atoms with Crippen LogP contribution in [0.1, 0.15) is 10.4 Å². The van der Waals surface area contributed by atoms with E-state index in [0.717, 1.165) is 6.07 Å². The zero-order valence-corrected chi connectivity index (χ0v) is 14.4. The molecule has 26 heavy (non-hydrogen) atoms. The number of rotatable bonds is 8. The second-order valence-corrected chi connectivity index (χ2v) is 7.24. The maximum absolute atomic E-state index is 12.1. The van der Waals surface area contributed by atoms with E-state index in [4.69, 9.17) is 9.84 Å². The lowest BCUT2D eigenvalue weighted by atomic mass is 10.2. The Balaban J connectivity index is 1.82. The minimum atomic E-state index is -3.71. The first kappa shape index (κ1) is 19.3. The van der Waals surface area contributed by atoms with E-state index in [-0.39, 0.29) is 35.1 Å². The Morgan fingerprint density at radius 3 is 2.42 bits per heavy atom. The predicted molar refractivity (Wildman–Crippen MR) is 92.1 cm³/mol. The van der Waals surface area contributed by atoms with Crippen LogP contribution in [0.4, 0.5) is 0 Å². The fourth-order valence-corrected chi connectivity index (χ4v) is 3.26. The molecule has 3 N–H and O–H groups in total. The molecule has 0 unspecified atom stereocenters. The van der Waals surface area contributed by atoms with Crippen molar-refractivity contribution in [1.82, 2.24) is 5.32 Å². The molecule has 2 aromatic carbocycles. The Labute approximate surface area is 150 Å². The summed E-state index contributed by atoms with van der Waals surface area (Å²) in [6, 6.07) is 11.4. The van der Waals surface area contributed by atoms with Crippen molar-refractivity contribution >= 4 is 21.7 Å². The highest BCUT2D eigenvalue weighted by Crippen LogP contribution is 2.22. The van der Waals surface area contributed by atoms with E-state index in [2.05, 4.69) is 5.32 Å². The second kappa shape index (κ2) is 8.34. The molecule has 0 aliphatic heterocycles. The van der Waals surface area contributed by atoms with Crippen LogP contribution < -0.4 is 10.1 Å². The van der Waals surface area contributed by atoms with Crippen molar-refractivity contribution in [3.8, 4) is 11.5 Å². The van der Waals surface area contributed by atoms with Gasteiger partial charge in [0.25, 0.3) is 0 Å². The largest absolute Gasteiger partial charge is 0.507 e. The summed E-state index contributed by atoms with van der Waals surface area (Å²) in [5, 5.41) is 20.7. The summed E-state index contributed by atoms with van der Waals surface area (Å²) in [7, 11) is -3.71. The van der Waals surface area contributed by atoms with Crippen LogP contribution in [-0.2, 0) is 14.6 Å². The van der Waals surface area contributed by atoms with E-state index >= 15 is 0 Å². The average molecular weight is 379 g/mol. The normalized spacial score (nSPS) is 10.9. The minimum absolute atomic E-state index is 0.000951. The highest BCUT2D eigenvalue weighted by Gasteiger charge is 2.18. The van der Waals surface area contributed by atoms with E-state index in [9.17, 15) is 23.1 Å². The number of ether oxygens (including phenoxy) is 1. The number of carboxylic acids is 1. The number of sulfone groups is 1. The standard InChI is InChI=1S/C17H17NO7S/c19-15-7-6-12(10-14(15)17(21)22)25-9-8-18-16(20)11-26(23,24)13-4-2-1-3-5-13/h1-7,10,19H,8-9,11H2,(H,18,20)(H,21,22). The Morgan fingerprint density at radius 1 is 1.08 bits per heavy atom. The summed E-state index contributed by atoms with van der Waals surface area (Å²) in [6.07, 6.45) is 0. The lowest BCUT2D eigenvalue weighted by Gasteiger charge is -2.09. The van der Waals surface area contributed by atoms with Crippen molar-refractivity contribution in [3.05, 3.63) is 54.1 Å². The van der Waals surface area contributed by atoms with Gasteiger partial charge in [-0.05, 0) is 30.3 Å². The number of aromatic carboxylic acids is 1. The highest BCUT2D eigenvalue weighted by molar-refractivity contribution is 7.92. The molecule has 0 saturated carbocycles. The van der Waals surface area contributed by atoms with Crippen molar-refractivity contribution in [2.75, 3.05) is 18.9 Å². The third-order valence-corrected chi connectivity index (χ3v) is 4.95. The number of benzene rings is 2. The van der Waals surface area contributed by atoms with Gasteiger partial charge in [-0.2, -0.15) is 0 Å². The third kappa shape index (κ3) is 5.21. The Morgan fingerprint density at radius 2 is 1.77 bits per heavy atom. The average Bonchev–Trinajstić information content (AvgIpc) is 2.60. The number of aromatic hydroxyl groups is 1. The van der Waals surface area contributed by atoms with Crippen LogP contribution in [-0.4, -0.2) is 49.4 Å². The van der Waals surface area contributed by atoms with Gasteiger partial charge in [-0.3, -0.25) is 4.79 Å². The topological polar surface area (TPSA) is 130 Å². The second-order valence-electron chi connectivity index (χ2n) is 5.25. The molecule has 2 rings (SSSR count). The predicted octanol–water partition coefficient (Wildman–Crippen LogP) is 1.06. The summed E-state index contributed by atoms with van der Waals surface area (Å²) in [5.74, 6) is -2.84. The van der Waals surface area contributed by atoms with Crippen molar-refractivity contribution in [2.45, 2.75) is 4.90 Å². The van der Waals surface area contributed by atoms with Gasteiger partial charge in [0, 0.05) is 0 Å². The van der Waals surface area contributed by atoms with Gasteiger partial charge in [-0.1, -0.05) is 18.2 Å². The number of phenols is 1. The molecule has 0 saturated heterocycles. The molecule has 0 aliphatic rings. The Bertz CT molecular complexity index is 895. The molecule has 0 fully saturated rings. The van der Waals surface area contributed by atoms with E-state index in [0.29, 0.717) is 0 Å². The molecule has 0 atom stereocenters. The maximum atomic E-state index is 12.1. The monoisotopic (exact) mass is 379 g/mol. The van der Waals surface area contributed by atoms with Crippen LogP contribution in [0.2, 0.25) is 0 Å². The maximum Gasteiger partial charge on any atom is 0.339 e. The number of carbonyl (C=O) groups is 2. The Kier molecular flexibility index (Phi) is 6.18. The number of carboxylic acid groups (broad SMARTS) is 1. The first-order valence-electron chi connectivity index (χ1n) is 7.53. The summed E-state index contributed by atoms with van der Waals surface area (Å²) < 4.78 is 29.4. The summed E-state index contributed by atoms with van der Waals surface area (Å²) in [5.41, 5.74) is -0.305. The SMILES string of the molecule is O=C(CS(=O)(=O)c1ccccc1)NCCOc1ccc(O)c(C(=O)O)c1. The van der Waals surface area contributed by atoms with Crippen molar-refractivity contribution in [1.29, 1.82) is 0 Å². The molecule has 0 aromatic heterocycles. The van der Waals surface area contributed by atoms with Gasteiger partial charge in [0.05, 0.1) is 11.4 Å². The lowest BCUT2D eigenvalue weighted by molar-refractivity contribution is -0.118. The van der Waals surface area contributed by atoms with Gasteiger partial charge in [-0.25, -0.2) is 13.2 Å². The van der Waals surface area contributed by atoms with Gasteiger partial charge in [0.2, 0.25) is 5.91 Å². The van der Waals surface area contributed by atoms with E-state index in [1.54, 1.807) is 18.2 Å². The van der Waals surface area contributed by atoms with Gasteiger partial charge in [0.15, 0.2) is 9.84 Å². The van der Waals surface area contributed by atoms with Crippen LogP contribution in [0.3, 0.4) is 0 Å². The number of hydrogen-bond donors (Lipinski definition) is 3. The van der Waals surface area contributed by atoms with Crippen LogP contribution in [0.5, 0.6) is 11.5 Å². The smallest absolute Gasteiger partial charge is 0.339 e. The zero-order valence-electron chi connectivity index (χ0n) is 13.6. The quantitative estimate of drug-likeness (QED) is 0.585. The zero-order chi connectivity index (χ0) is 19.2. The molecule has 2 aromatic rings. The first-order valence-corrected chi connectivity index (χ1v) is 9.18. The molecule has 0 bridgehead atoms. The molecule has 0 aliphatic carbocycles. The van der Waals surface area contributed by atoms with Crippen LogP contribution in [0, 0.1) is 0 Å². The molecule has 0 radical (unpaired) electrons. The van der Waals surface area contributed by atoms with Crippen LogP contribution in [0.25, 0.3) is 0 Å². The van der Waals surface area contributed by atoms with Crippen LogP contribution >= 0.6 is 0 Å². The van der Waals surface area contributed by atoms with Crippen LogP contribution in [0.15, 0.2) is 53.4 Å². The Hall–Kier alpha value is -3.07. The molecular formula is C17H17NO7S. The molecule has 0 heterocycles. The lowest BCUT2D eigenvalue weighted by Crippen LogP contribution is -2.33. The van der Waals surface area contributed by atoms with Gasteiger partial charge < -0.3 is 20.3 Å². The van der Waals surface area contributed by atoms with E-state index < -0.39 is 27.5 Å². The molecule has 8 nitrogen and oxygen atoms in total. The van der Waals surface area contributed by atoms with Gasteiger partial charge >= 0.3 is 5.97 Å². The number of carbonyl (C=O) groups excluding carboxylic acids is 1. The van der Waals surface area contributed by atoms with Gasteiger partial charge in [0.1, 0.15) is 29.4 Å². The number of amides is 1. The molecule has 138 valence electrons. The molecule has 0 spiro atoms. The van der Waals surface area contributed by atoms with E-state index in [1.165, 1.54) is 24.3 Å². The molecule has 9 heteroatoms. The first-order chi connectivity index (χ1) is 12.3. The fourth-order valence-electron chi connectivity index (χ4n) is 2.07. The van der Waals surface area contributed by atoms with Gasteiger partial charge in [-0.15, -0.1) is 0 Å². The highest BCUT2D eigenvalue weighted by atomic mass is 32.2. The van der Waals surface area contributed by atoms with Crippen molar-refractivity contribution < 1.29 is 33.0 Å². The van der Waals surface area contributed by atoms with E-state index in [1.807, 2.05) is 0 Å². The summed E-state index contributed by atoms with van der Waals surface area (Å²) >= 11 is 0. The van der Waals surface area contributed by atoms with Crippen molar-refractivity contribution in [3.63, 3.8) is 0 Å². The summed E-state index contributed by atoms with van der Waals surface area (Å²) in [4.78, 5) is 22.8. The fraction of sp³-hybridized carbons (Fsp3) is 0.176. The van der Waals surface area contributed by atoms with Crippen molar-refractivity contribution in [2.24, 2.45) is 0 Å². The number of hydrogen-bond acceptors (Lipinski definition) is 6. The minimum Gasteiger partial charge on any atom is -0.507 e. The molecular weight excluding hydrogens is 362 g/mol. The molecule has 1 amide bonds. The third-order valence-electron chi connectivity index (χ3n) is 3.31. The summed E-state index contributed by atoms with van der Waals surface area (Å²) in [6.45, 7) is 0.0351. The number of nitrogens with one attached hydrogen (secondary N) is 1.